The molecule has 1 saturated heterocycles. The highest BCUT2D eigenvalue weighted by molar-refractivity contribution is 4.88. The third-order valence-corrected chi connectivity index (χ3v) is 3.94. The molecule has 0 aromatic heterocycles. The maximum absolute atomic E-state index is 12.7. The Kier molecular flexibility index (Phi) is 7.44. The second-order valence-electron chi connectivity index (χ2n) is 6.47. The van der Waals surface area contributed by atoms with Crippen molar-refractivity contribution < 1.29 is 17.9 Å². The van der Waals surface area contributed by atoms with Crippen molar-refractivity contribution in [2.45, 2.75) is 52.3 Å². The maximum atomic E-state index is 12.7. The average molecular weight is 310 g/mol. The Hall–Kier alpha value is -0.330. The summed E-state index contributed by atoms with van der Waals surface area (Å²) in [5.41, 5.74) is -0.108. The zero-order valence-corrected chi connectivity index (χ0v) is 13.4. The summed E-state index contributed by atoms with van der Waals surface area (Å²) in [6.45, 7) is 8.26. The van der Waals surface area contributed by atoms with Crippen LogP contribution in [0.3, 0.4) is 0 Å². The molecule has 1 fully saturated rings. The van der Waals surface area contributed by atoms with Gasteiger partial charge in [0.25, 0.3) is 0 Å². The van der Waals surface area contributed by atoms with Gasteiger partial charge in [0, 0.05) is 32.3 Å². The van der Waals surface area contributed by atoms with Crippen molar-refractivity contribution in [2.24, 2.45) is 5.41 Å². The molecule has 1 N–H and O–H groups in total. The first-order valence-corrected chi connectivity index (χ1v) is 7.86. The van der Waals surface area contributed by atoms with Crippen LogP contribution in [0.2, 0.25) is 0 Å². The van der Waals surface area contributed by atoms with Gasteiger partial charge in [-0.15, -0.1) is 0 Å². The second-order valence-corrected chi connectivity index (χ2v) is 6.47. The van der Waals surface area contributed by atoms with Gasteiger partial charge in [-0.1, -0.05) is 20.8 Å². The van der Waals surface area contributed by atoms with Crippen LogP contribution < -0.4 is 5.32 Å². The third-order valence-electron chi connectivity index (χ3n) is 3.94. The Morgan fingerprint density at radius 1 is 1.24 bits per heavy atom. The lowest BCUT2D eigenvalue weighted by molar-refractivity contribution is -0.151. The Bertz CT molecular complexity index is 289. The predicted molar refractivity (Wildman–Crippen MR) is 78.4 cm³/mol. The largest absolute Gasteiger partial charge is 0.401 e. The van der Waals surface area contributed by atoms with Crippen LogP contribution >= 0.6 is 0 Å². The molecule has 0 bridgehead atoms. The molecule has 126 valence electrons. The van der Waals surface area contributed by atoms with E-state index in [4.69, 9.17) is 4.74 Å². The minimum Gasteiger partial charge on any atom is -0.381 e. The number of nitrogens with one attached hydrogen (secondary N) is 1. The van der Waals surface area contributed by atoms with Crippen LogP contribution in [0.5, 0.6) is 0 Å². The molecule has 0 saturated carbocycles. The standard InChI is InChI=1S/C15H29F3N2O/c1-4-7-20(12-15(16,17)18)11-14(10-19-13(2)3)5-8-21-9-6-14/h13,19H,4-12H2,1-3H3. The van der Waals surface area contributed by atoms with E-state index in [0.717, 1.165) is 25.8 Å². The van der Waals surface area contributed by atoms with E-state index in [2.05, 4.69) is 19.2 Å². The fourth-order valence-electron chi connectivity index (χ4n) is 2.87. The summed E-state index contributed by atoms with van der Waals surface area (Å²) in [4.78, 5) is 1.56. The number of hydrogen-bond donors (Lipinski definition) is 1. The van der Waals surface area contributed by atoms with Gasteiger partial charge in [0.2, 0.25) is 0 Å². The van der Waals surface area contributed by atoms with Crippen molar-refractivity contribution >= 4 is 0 Å². The minimum absolute atomic E-state index is 0.108. The molecule has 1 aliphatic heterocycles. The smallest absolute Gasteiger partial charge is 0.381 e. The first-order valence-electron chi connectivity index (χ1n) is 7.86. The zero-order valence-electron chi connectivity index (χ0n) is 13.4. The molecule has 0 aromatic carbocycles. The topological polar surface area (TPSA) is 24.5 Å². The molecular formula is C15H29F3N2O. The van der Waals surface area contributed by atoms with Gasteiger partial charge in [-0.25, -0.2) is 0 Å². The summed E-state index contributed by atoms with van der Waals surface area (Å²) in [6, 6.07) is 0.340. The number of nitrogens with zero attached hydrogens (tertiary/aromatic N) is 1. The van der Waals surface area contributed by atoms with E-state index in [1.807, 2.05) is 6.92 Å². The van der Waals surface area contributed by atoms with E-state index < -0.39 is 12.7 Å². The Morgan fingerprint density at radius 2 is 1.86 bits per heavy atom. The molecule has 0 spiro atoms. The summed E-state index contributed by atoms with van der Waals surface area (Å²) >= 11 is 0. The van der Waals surface area contributed by atoms with Crippen molar-refractivity contribution in [2.75, 3.05) is 39.4 Å². The average Bonchev–Trinajstić information content (AvgIpc) is 2.36. The normalized spacial score (nSPS) is 19.4. The predicted octanol–water partition coefficient (Wildman–Crippen LogP) is 3.06. The SMILES string of the molecule is CCCN(CC(F)(F)F)CC1(CNC(C)C)CCOCC1. The van der Waals surface area contributed by atoms with Crippen LogP contribution in [0, 0.1) is 5.41 Å². The number of halogens is 3. The first kappa shape index (κ1) is 18.7. The first-order chi connectivity index (χ1) is 9.76. The summed E-state index contributed by atoms with van der Waals surface area (Å²) in [7, 11) is 0. The lowest BCUT2D eigenvalue weighted by Crippen LogP contribution is -2.50. The van der Waals surface area contributed by atoms with Gasteiger partial charge in [0.15, 0.2) is 0 Å². The van der Waals surface area contributed by atoms with Crippen LogP contribution in [0.15, 0.2) is 0 Å². The fraction of sp³-hybridized carbons (Fsp3) is 1.00. The minimum atomic E-state index is -4.13. The molecule has 3 nitrogen and oxygen atoms in total. The van der Waals surface area contributed by atoms with Gasteiger partial charge in [0.1, 0.15) is 0 Å². The maximum Gasteiger partial charge on any atom is 0.401 e. The van der Waals surface area contributed by atoms with E-state index >= 15 is 0 Å². The van der Waals surface area contributed by atoms with Gasteiger partial charge in [-0.05, 0) is 31.2 Å². The summed E-state index contributed by atoms with van der Waals surface area (Å²) in [5, 5.41) is 3.40. The summed E-state index contributed by atoms with van der Waals surface area (Å²) in [5.74, 6) is 0. The van der Waals surface area contributed by atoms with E-state index in [0.29, 0.717) is 32.3 Å². The lowest BCUT2D eigenvalue weighted by Gasteiger charge is -2.42. The fourth-order valence-corrected chi connectivity index (χ4v) is 2.87. The Labute approximate surface area is 126 Å². The molecule has 1 heterocycles. The molecule has 0 atom stereocenters. The Morgan fingerprint density at radius 3 is 2.33 bits per heavy atom. The van der Waals surface area contributed by atoms with Gasteiger partial charge in [0.05, 0.1) is 6.54 Å². The van der Waals surface area contributed by atoms with Gasteiger partial charge in [-0.3, -0.25) is 4.90 Å². The highest BCUT2D eigenvalue weighted by atomic mass is 19.4. The molecule has 0 amide bonds. The molecule has 21 heavy (non-hydrogen) atoms. The Balaban J connectivity index is 2.71. The molecule has 6 heteroatoms. The second kappa shape index (κ2) is 8.34. The van der Waals surface area contributed by atoms with Gasteiger partial charge < -0.3 is 10.1 Å². The quantitative estimate of drug-likeness (QED) is 0.746. The third kappa shape index (κ3) is 7.47. The van der Waals surface area contributed by atoms with Crippen LogP contribution in [-0.2, 0) is 4.74 Å². The molecule has 0 radical (unpaired) electrons. The summed E-state index contributed by atoms with van der Waals surface area (Å²) < 4.78 is 43.6. The number of ether oxygens (including phenoxy) is 1. The highest BCUT2D eigenvalue weighted by Crippen LogP contribution is 2.32. The van der Waals surface area contributed by atoms with Crippen molar-refractivity contribution in [1.82, 2.24) is 10.2 Å². The van der Waals surface area contributed by atoms with E-state index in [-0.39, 0.29) is 5.41 Å². The van der Waals surface area contributed by atoms with Crippen LogP contribution in [-0.4, -0.2) is 56.5 Å². The van der Waals surface area contributed by atoms with Gasteiger partial charge in [-0.2, -0.15) is 13.2 Å². The molecule has 0 aliphatic carbocycles. The van der Waals surface area contributed by atoms with Crippen molar-refractivity contribution in [3.63, 3.8) is 0 Å². The van der Waals surface area contributed by atoms with E-state index in [1.165, 1.54) is 0 Å². The molecule has 0 aromatic rings. The summed E-state index contributed by atoms with van der Waals surface area (Å²) in [6.07, 6.45) is -1.75. The van der Waals surface area contributed by atoms with E-state index in [1.54, 1.807) is 4.90 Å². The molecule has 0 unspecified atom stereocenters. The van der Waals surface area contributed by atoms with Gasteiger partial charge >= 0.3 is 6.18 Å². The molecule has 1 aliphatic rings. The molecular weight excluding hydrogens is 281 g/mol. The van der Waals surface area contributed by atoms with Crippen LogP contribution in [0.25, 0.3) is 0 Å². The number of rotatable bonds is 8. The van der Waals surface area contributed by atoms with Crippen molar-refractivity contribution in [3.8, 4) is 0 Å². The lowest BCUT2D eigenvalue weighted by atomic mass is 9.79. The highest BCUT2D eigenvalue weighted by Gasteiger charge is 2.38. The number of hydrogen-bond acceptors (Lipinski definition) is 3. The van der Waals surface area contributed by atoms with E-state index in [9.17, 15) is 13.2 Å². The molecule has 1 rings (SSSR count). The van der Waals surface area contributed by atoms with Crippen molar-refractivity contribution in [1.29, 1.82) is 0 Å². The number of alkyl halides is 3. The van der Waals surface area contributed by atoms with Crippen LogP contribution in [0.4, 0.5) is 13.2 Å². The monoisotopic (exact) mass is 310 g/mol. The zero-order chi connectivity index (χ0) is 15.9. The van der Waals surface area contributed by atoms with Crippen LogP contribution in [0.1, 0.15) is 40.0 Å². The van der Waals surface area contributed by atoms with Crippen molar-refractivity contribution in [3.05, 3.63) is 0 Å².